The molecule has 5 nitrogen and oxygen atoms in total. The number of aromatic nitrogens is 1. The fraction of sp³-hybridized carbons (Fsp3) is 0.154. The van der Waals surface area contributed by atoms with Crippen molar-refractivity contribution in [2.24, 2.45) is 5.10 Å². The molecule has 1 aromatic heterocycles. The molecule has 2 aromatic rings. The Morgan fingerprint density at radius 1 is 1.57 bits per heavy atom. The van der Waals surface area contributed by atoms with E-state index in [1.54, 1.807) is 13.0 Å². The minimum absolute atomic E-state index is 0.174. The van der Waals surface area contributed by atoms with E-state index in [9.17, 15) is 9.18 Å². The summed E-state index contributed by atoms with van der Waals surface area (Å²) in [5, 5.41) is 4.52. The van der Waals surface area contributed by atoms with Gasteiger partial charge in [0.05, 0.1) is 24.0 Å². The average molecular weight is 328 g/mol. The third-order valence-electron chi connectivity index (χ3n) is 2.52. The van der Waals surface area contributed by atoms with Crippen LogP contribution in [0.25, 0.3) is 0 Å². The minimum Gasteiger partial charge on any atom is -0.465 e. The number of hydrogen-bond acceptors (Lipinski definition) is 6. The van der Waals surface area contributed by atoms with E-state index in [-0.39, 0.29) is 10.6 Å². The summed E-state index contributed by atoms with van der Waals surface area (Å²) in [4.78, 5) is 16.0. The fourth-order valence-electron chi connectivity index (χ4n) is 1.51. The third-order valence-corrected chi connectivity index (χ3v) is 3.89. The number of thiazole rings is 1. The zero-order chi connectivity index (χ0) is 15.4. The maximum Gasteiger partial charge on any atom is 0.350 e. The van der Waals surface area contributed by atoms with Crippen molar-refractivity contribution >= 4 is 40.3 Å². The molecule has 0 saturated carbocycles. The number of carbonyl (C=O) groups excluding carboxylic acids is 1. The second-order valence-electron chi connectivity index (χ2n) is 3.93. The molecule has 0 amide bonds. The first-order chi connectivity index (χ1) is 10.0. The monoisotopic (exact) mass is 327 g/mol. The lowest BCUT2D eigenvalue weighted by Crippen LogP contribution is -1.99. The summed E-state index contributed by atoms with van der Waals surface area (Å²) in [7, 11) is 1.30. The zero-order valence-electron chi connectivity index (χ0n) is 11.2. The Hall–Kier alpha value is -1.99. The molecule has 110 valence electrons. The van der Waals surface area contributed by atoms with Gasteiger partial charge in [0, 0.05) is 5.56 Å². The van der Waals surface area contributed by atoms with Gasteiger partial charge < -0.3 is 4.74 Å². The predicted octanol–water partition coefficient (Wildman–Crippen LogP) is 3.48. The molecule has 0 radical (unpaired) electrons. The highest BCUT2D eigenvalue weighted by Gasteiger charge is 2.15. The van der Waals surface area contributed by atoms with Crippen LogP contribution in [-0.4, -0.2) is 24.3 Å². The van der Waals surface area contributed by atoms with Gasteiger partial charge in [-0.25, -0.2) is 14.2 Å². The van der Waals surface area contributed by atoms with E-state index in [1.807, 2.05) is 0 Å². The van der Waals surface area contributed by atoms with Gasteiger partial charge in [0.1, 0.15) is 10.7 Å². The van der Waals surface area contributed by atoms with Crippen LogP contribution in [0.3, 0.4) is 0 Å². The van der Waals surface area contributed by atoms with Crippen molar-refractivity contribution < 1.29 is 13.9 Å². The molecule has 8 heteroatoms. The number of halogens is 2. The van der Waals surface area contributed by atoms with Crippen molar-refractivity contribution in [3.8, 4) is 0 Å². The average Bonchev–Trinajstić information content (AvgIpc) is 2.82. The number of carbonyl (C=O) groups is 1. The van der Waals surface area contributed by atoms with Crippen LogP contribution >= 0.6 is 22.9 Å². The van der Waals surface area contributed by atoms with Crippen molar-refractivity contribution in [2.45, 2.75) is 6.92 Å². The van der Waals surface area contributed by atoms with Crippen molar-refractivity contribution in [2.75, 3.05) is 12.5 Å². The van der Waals surface area contributed by atoms with E-state index in [4.69, 9.17) is 11.6 Å². The first kappa shape index (κ1) is 15.4. The molecule has 0 spiro atoms. The number of benzene rings is 1. The lowest BCUT2D eigenvalue weighted by atomic mass is 10.2. The maximum atomic E-state index is 13.5. The molecule has 0 saturated heterocycles. The van der Waals surface area contributed by atoms with Crippen LogP contribution in [0, 0.1) is 12.7 Å². The van der Waals surface area contributed by atoms with Crippen LogP contribution in [0.1, 0.15) is 20.9 Å². The molecular weight excluding hydrogens is 317 g/mol. The van der Waals surface area contributed by atoms with Gasteiger partial charge >= 0.3 is 5.97 Å². The lowest BCUT2D eigenvalue weighted by molar-refractivity contribution is 0.0605. The third kappa shape index (κ3) is 3.56. The standard InChI is InChI=1S/C13H11ClFN3O2S/c1-7-11(12(19)20-2)21-13(17-7)18-16-6-8-9(14)4-3-5-10(8)15/h3-6H,1-2H3,(H,17,18). The molecule has 0 bridgehead atoms. The molecule has 0 aliphatic carbocycles. The quantitative estimate of drug-likeness (QED) is 0.530. The predicted molar refractivity (Wildman–Crippen MR) is 80.8 cm³/mol. The molecule has 2 rings (SSSR count). The van der Waals surface area contributed by atoms with E-state index in [2.05, 4.69) is 20.2 Å². The Morgan fingerprint density at radius 2 is 2.33 bits per heavy atom. The number of nitrogens with one attached hydrogen (secondary N) is 1. The Balaban J connectivity index is 2.13. The summed E-state index contributed by atoms with van der Waals surface area (Å²) in [6.45, 7) is 1.69. The Bertz CT molecular complexity index is 682. The van der Waals surface area contributed by atoms with Gasteiger partial charge in [0.2, 0.25) is 5.13 Å². The number of hydrazone groups is 1. The van der Waals surface area contributed by atoms with Crippen LogP contribution in [0.5, 0.6) is 0 Å². The zero-order valence-corrected chi connectivity index (χ0v) is 12.8. The summed E-state index contributed by atoms with van der Waals surface area (Å²) in [6, 6.07) is 4.36. The number of ether oxygens (including phenoxy) is 1. The molecule has 1 heterocycles. The first-order valence-corrected chi connectivity index (χ1v) is 7.01. The van der Waals surface area contributed by atoms with Crippen molar-refractivity contribution in [1.29, 1.82) is 0 Å². The number of methoxy groups -OCH3 is 1. The second-order valence-corrected chi connectivity index (χ2v) is 5.34. The molecule has 0 fully saturated rings. The van der Waals surface area contributed by atoms with E-state index in [0.717, 1.165) is 11.3 Å². The van der Waals surface area contributed by atoms with E-state index >= 15 is 0 Å². The maximum absolute atomic E-state index is 13.5. The lowest BCUT2D eigenvalue weighted by Gasteiger charge is -1.99. The Morgan fingerprint density at radius 3 is 3.00 bits per heavy atom. The summed E-state index contributed by atoms with van der Waals surface area (Å²) >= 11 is 6.97. The van der Waals surface area contributed by atoms with Crippen LogP contribution in [0.2, 0.25) is 5.02 Å². The van der Waals surface area contributed by atoms with E-state index in [1.165, 1.54) is 25.5 Å². The van der Waals surface area contributed by atoms with Crippen molar-refractivity contribution in [1.82, 2.24) is 4.98 Å². The van der Waals surface area contributed by atoms with Crippen LogP contribution < -0.4 is 5.43 Å². The Kier molecular flexibility index (Phi) is 4.87. The van der Waals surface area contributed by atoms with Crippen LogP contribution in [0.15, 0.2) is 23.3 Å². The smallest absolute Gasteiger partial charge is 0.350 e. The largest absolute Gasteiger partial charge is 0.465 e. The van der Waals surface area contributed by atoms with Crippen LogP contribution in [0.4, 0.5) is 9.52 Å². The minimum atomic E-state index is -0.474. The van der Waals surface area contributed by atoms with Crippen LogP contribution in [-0.2, 0) is 4.74 Å². The van der Waals surface area contributed by atoms with Gasteiger partial charge in [-0.15, -0.1) is 0 Å². The van der Waals surface area contributed by atoms with E-state index < -0.39 is 11.8 Å². The summed E-state index contributed by atoms with van der Waals surface area (Å²) in [5.41, 5.74) is 3.34. The highest BCUT2D eigenvalue weighted by molar-refractivity contribution is 7.17. The van der Waals surface area contributed by atoms with Gasteiger partial charge in [-0.05, 0) is 19.1 Å². The molecular formula is C13H11ClFN3O2S. The summed E-state index contributed by atoms with van der Waals surface area (Å²) in [5.74, 6) is -0.933. The van der Waals surface area contributed by atoms with Crippen molar-refractivity contribution in [3.63, 3.8) is 0 Å². The molecule has 1 aromatic carbocycles. The first-order valence-electron chi connectivity index (χ1n) is 5.81. The van der Waals surface area contributed by atoms with E-state index in [0.29, 0.717) is 15.7 Å². The topological polar surface area (TPSA) is 63.6 Å². The fourth-order valence-corrected chi connectivity index (χ4v) is 2.56. The van der Waals surface area contributed by atoms with Gasteiger partial charge in [-0.1, -0.05) is 29.0 Å². The Labute approximate surface area is 129 Å². The molecule has 1 N–H and O–H groups in total. The normalized spacial score (nSPS) is 10.9. The highest BCUT2D eigenvalue weighted by Crippen LogP contribution is 2.23. The number of esters is 1. The highest BCUT2D eigenvalue weighted by atomic mass is 35.5. The SMILES string of the molecule is COC(=O)c1sc(NN=Cc2c(F)cccc2Cl)nc1C. The molecule has 21 heavy (non-hydrogen) atoms. The molecule has 0 unspecified atom stereocenters. The number of rotatable bonds is 4. The molecule has 0 aliphatic rings. The van der Waals surface area contributed by atoms with Gasteiger partial charge in [-0.3, -0.25) is 5.43 Å². The second kappa shape index (κ2) is 6.64. The number of hydrogen-bond donors (Lipinski definition) is 1. The van der Waals surface area contributed by atoms with Gasteiger partial charge in [0.25, 0.3) is 0 Å². The number of anilines is 1. The molecule has 0 atom stereocenters. The molecule has 0 aliphatic heterocycles. The summed E-state index contributed by atoms with van der Waals surface area (Å²) < 4.78 is 18.2. The van der Waals surface area contributed by atoms with Crippen molar-refractivity contribution in [3.05, 3.63) is 45.2 Å². The number of nitrogens with zero attached hydrogens (tertiary/aromatic N) is 2. The summed E-state index contributed by atoms with van der Waals surface area (Å²) in [6.07, 6.45) is 1.26. The van der Waals surface area contributed by atoms with Gasteiger partial charge in [0.15, 0.2) is 0 Å². The number of aryl methyl sites for hydroxylation is 1. The van der Waals surface area contributed by atoms with Gasteiger partial charge in [-0.2, -0.15) is 5.10 Å².